The number of fused-ring (bicyclic) bond motifs is 1. The molecule has 1 aliphatic heterocycles. The van der Waals surface area contributed by atoms with Crippen LogP contribution in [0.15, 0.2) is 48.8 Å². The Hall–Kier alpha value is -3.06. The van der Waals surface area contributed by atoms with Crippen molar-refractivity contribution in [2.24, 2.45) is 0 Å². The topological polar surface area (TPSA) is 180 Å². The van der Waals surface area contributed by atoms with Crippen molar-refractivity contribution in [3.63, 3.8) is 0 Å². The van der Waals surface area contributed by atoms with Crippen molar-refractivity contribution in [1.82, 2.24) is 19.7 Å². The Morgan fingerprint density at radius 2 is 2.02 bits per heavy atom. The first kappa shape index (κ1) is 30.9. The number of nitrogen functional groups attached to an aromatic ring is 1. The molecule has 5 atom stereocenters. The maximum Gasteiger partial charge on any atom is 0.459 e. The van der Waals surface area contributed by atoms with Crippen LogP contribution in [0.2, 0.25) is 0 Å². The quantitative estimate of drug-likeness (QED) is 0.122. The molecule has 0 bridgehead atoms. The molecular formula is C27H38N5O8P. The molecule has 1 aliphatic rings. The average Bonchev–Trinajstić information content (AvgIpc) is 3.50. The fourth-order valence-corrected chi connectivity index (χ4v) is 6.18. The van der Waals surface area contributed by atoms with Crippen LogP contribution in [-0.4, -0.2) is 68.3 Å². The lowest BCUT2D eigenvalue weighted by atomic mass is 9.86. The minimum absolute atomic E-state index is 0.202. The van der Waals surface area contributed by atoms with Gasteiger partial charge in [0.1, 0.15) is 35.3 Å². The largest absolute Gasteiger partial charge is 0.465 e. The van der Waals surface area contributed by atoms with Crippen LogP contribution in [-0.2, 0) is 29.0 Å². The number of esters is 1. The van der Waals surface area contributed by atoms with Crippen LogP contribution in [0.1, 0.15) is 52.1 Å². The van der Waals surface area contributed by atoms with Crippen molar-refractivity contribution in [3.8, 4) is 5.75 Å². The van der Waals surface area contributed by atoms with Crippen molar-refractivity contribution in [2.45, 2.75) is 69.8 Å². The van der Waals surface area contributed by atoms with Gasteiger partial charge in [-0.25, -0.2) is 14.1 Å². The van der Waals surface area contributed by atoms with E-state index < -0.39 is 43.7 Å². The summed E-state index contributed by atoms with van der Waals surface area (Å²) in [7, 11) is -4.24. The zero-order chi connectivity index (χ0) is 29.7. The number of carbonyl (C=O) groups is 1. The van der Waals surface area contributed by atoms with E-state index in [9.17, 15) is 19.6 Å². The molecule has 2 aromatic heterocycles. The number of hydrogen-bond donors (Lipinski definition) is 4. The number of nitrogens with two attached hydrogens (primary N) is 1. The van der Waals surface area contributed by atoms with Crippen molar-refractivity contribution >= 4 is 25.1 Å². The normalized spacial score (nSPS) is 24.7. The molecule has 0 aliphatic carbocycles. The second-order valence-electron chi connectivity index (χ2n) is 10.3. The zero-order valence-electron chi connectivity index (χ0n) is 23.4. The smallest absolute Gasteiger partial charge is 0.459 e. The summed E-state index contributed by atoms with van der Waals surface area (Å²) in [6.45, 7) is 4.56. The third-order valence-corrected chi connectivity index (χ3v) is 8.64. The van der Waals surface area contributed by atoms with E-state index in [1.54, 1.807) is 42.5 Å². The average molecular weight is 592 g/mol. The molecule has 13 nitrogen and oxygen atoms in total. The van der Waals surface area contributed by atoms with Gasteiger partial charge in [0.2, 0.25) is 0 Å². The van der Waals surface area contributed by atoms with Gasteiger partial charge in [0, 0.05) is 0 Å². The second-order valence-corrected chi connectivity index (χ2v) is 12.0. The van der Waals surface area contributed by atoms with Gasteiger partial charge >= 0.3 is 13.7 Å². The Labute approximate surface area is 238 Å². The number of anilines is 1. The molecule has 1 aromatic carbocycles. The molecule has 1 fully saturated rings. The van der Waals surface area contributed by atoms with Crippen molar-refractivity contribution < 1.29 is 38.1 Å². The number of aromatic nitrogens is 3. The lowest BCUT2D eigenvalue weighted by molar-refractivity contribution is -0.145. The van der Waals surface area contributed by atoms with E-state index in [0.717, 1.165) is 25.7 Å². The highest BCUT2D eigenvalue weighted by Gasteiger charge is 2.58. The monoisotopic (exact) mass is 591 g/mol. The predicted octanol–water partition coefficient (Wildman–Crippen LogP) is 2.95. The summed E-state index contributed by atoms with van der Waals surface area (Å²) in [5.74, 6) is -0.177. The number of aliphatic hydroxyl groups is 2. The van der Waals surface area contributed by atoms with Gasteiger partial charge in [-0.15, -0.1) is 0 Å². The number of ether oxygens (including phenoxy) is 2. The number of aliphatic hydroxyl groups excluding tert-OH is 1. The van der Waals surface area contributed by atoms with Crippen LogP contribution < -0.4 is 15.3 Å². The van der Waals surface area contributed by atoms with E-state index in [1.165, 1.54) is 24.7 Å². The van der Waals surface area contributed by atoms with Crippen LogP contribution in [0.4, 0.5) is 5.82 Å². The Morgan fingerprint density at radius 3 is 2.76 bits per heavy atom. The molecule has 0 saturated carbocycles. The second kappa shape index (κ2) is 12.8. The van der Waals surface area contributed by atoms with Gasteiger partial charge in [0.25, 0.3) is 0 Å². The lowest BCUT2D eigenvalue weighted by Crippen LogP contribution is -2.50. The fraction of sp³-hybridized carbons (Fsp3) is 0.519. The maximum atomic E-state index is 13.9. The van der Waals surface area contributed by atoms with Gasteiger partial charge in [-0.05, 0) is 44.5 Å². The van der Waals surface area contributed by atoms with E-state index in [4.69, 9.17) is 24.3 Å². The Balaban J connectivity index is 1.48. The molecule has 0 amide bonds. The standard InChI is InChI=1S/C27H38N5O8P/c1-4-5-6-10-15-37-24(33)19(2)31-41(36,40-20-11-8-7-9-12-20)39-16-26(3)25(34)27(35,17-38-26)22-14-13-21-23(28)29-18-30-32(21)22/h7-9,11-14,18-19,25,34-35H,4-6,10,15-17H2,1-3H3,(H,31,36)(H2,28,29,30)/t19-,25+,26+,27?,41?/m0/s1. The molecule has 5 N–H and O–H groups in total. The summed E-state index contributed by atoms with van der Waals surface area (Å²) in [6.07, 6.45) is 3.47. The maximum absolute atomic E-state index is 13.9. The summed E-state index contributed by atoms with van der Waals surface area (Å²) >= 11 is 0. The van der Waals surface area contributed by atoms with E-state index in [0.29, 0.717) is 5.52 Å². The molecule has 0 spiro atoms. The van der Waals surface area contributed by atoms with Gasteiger partial charge in [0.05, 0.1) is 25.5 Å². The first-order valence-corrected chi connectivity index (χ1v) is 15.1. The van der Waals surface area contributed by atoms with Crippen LogP contribution in [0.5, 0.6) is 5.75 Å². The van der Waals surface area contributed by atoms with Crippen molar-refractivity contribution in [3.05, 3.63) is 54.5 Å². The fourth-order valence-electron chi connectivity index (χ4n) is 4.59. The minimum Gasteiger partial charge on any atom is -0.465 e. The van der Waals surface area contributed by atoms with Crippen molar-refractivity contribution in [2.75, 3.05) is 25.6 Å². The van der Waals surface area contributed by atoms with Gasteiger partial charge in [0.15, 0.2) is 11.4 Å². The SMILES string of the molecule is CCCCCCOC(=O)[C@H](C)NP(=O)(OC[C@@]1(C)OCC(O)(c2ccc3c(N)ncnn23)[C@@H]1O)Oc1ccccc1. The van der Waals surface area contributed by atoms with E-state index in [2.05, 4.69) is 22.1 Å². The molecule has 14 heteroatoms. The zero-order valence-corrected chi connectivity index (χ0v) is 24.3. The van der Waals surface area contributed by atoms with Gasteiger partial charge in [-0.1, -0.05) is 44.4 Å². The number of unbranched alkanes of at least 4 members (excludes halogenated alkanes) is 3. The molecule has 1 saturated heterocycles. The lowest BCUT2D eigenvalue weighted by Gasteiger charge is -2.33. The van der Waals surface area contributed by atoms with E-state index in [-0.39, 0.29) is 30.5 Å². The number of carbonyl (C=O) groups excluding carboxylic acids is 1. The molecule has 4 rings (SSSR count). The molecule has 41 heavy (non-hydrogen) atoms. The van der Waals surface area contributed by atoms with Crippen molar-refractivity contribution in [1.29, 1.82) is 0 Å². The van der Waals surface area contributed by atoms with E-state index in [1.807, 2.05) is 0 Å². The van der Waals surface area contributed by atoms with E-state index >= 15 is 0 Å². The molecule has 2 unspecified atom stereocenters. The number of nitrogens with one attached hydrogen (secondary N) is 1. The highest BCUT2D eigenvalue weighted by molar-refractivity contribution is 7.52. The summed E-state index contributed by atoms with van der Waals surface area (Å²) in [4.78, 5) is 16.5. The predicted molar refractivity (Wildman–Crippen MR) is 150 cm³/mol. The molecule has 3 heterocycles. The molecule has 0 radical (unpaired) electrons. The molecular weight excluding hydrogens is 553 g/mol. The Kier molecular flexibility index (Phi) is 9.68. The van der Waals surface area contributed by atoms with Crippen LogP contribution in [0, 0.1) is 0 Å². The van der Waals surface area contributed by atoms with Crippen LogP contribution in [0.3, 0.4) is 0 Å². The van der Waals surface area contributed by atoms with Gasteiger partial charge < -0.3 is 29.9 Å². The molecule has 224 valence electrons. The van der Waals surface area contributed by atoms with Crippen LogP contribution >= 0.6 is 7.75 Å². The number of hydrogen-bond acceptors (Lipinski definition) is 11. The number of benzene rings is 1. The van der Waals surface area contributed by atoms with Crippen LogP contribution in [0.25, 0.3) is 5.52 Å². The third-order valence-electron chi connectivity index (χ3n) is 7.02. The summed E-state index contributed by atoms with van der Waals surface area (Å²) in [5, 5.41) is 29.6. The number of rotatable bonds is 14. The summed E-state index contributed by atoms with van der Waals surface area (Å²) in [5.41, 5.74) is 3.16. The number of nitrogens with zero attached hydrogens (tertiary/aromatic N) is 3. The summed E-state index contributed by atoms with van der Waals surface area (Å²) in [6, 6.07) is 10.5. The van der Waals surface area contributed by atoms with Gasteiger partial charge in [-0.3, -0.25) is 9.32 Å². The first-order valence-electron chi connectivity index (χ1n) is 13.6. The highest BCUT2D eigenvalue weighted by Crippen LogP contribution is 2.48. The Morgan fingerprint density at radius 1 is 1.27 bits per heavy atom. The third kappa shape index (κ3) is 6.88. The summed E-state index contributed by atoms with van der Waals surface area (Å²) < 4.78 is 37.9. The number of para-hydroxylation sites is 1. The molecule has 3 aromatic rings. The van der Waals surface area contributed by atoms with Gasteiger partial charge in [-0.2, -0.15) is 10.2 Å². The minimum atomic E-state index is -4.24. The highest BCUT2D eigenvalue weighted by atomic mass is 31.2. The first-order chi connectivity index (χ1) is 19.5. The Bertz CT molecular complexity index is 1370.